The summed E-state index contributed by atoms with van der Waals surface area (Å²) in [6, 6.07) is 33.2. The minimum Gasteiger partial charge on any atom is -0.496 e. The summed E-state index contributed by atoms with van der Waals surface area (Å²) in [5.41, 5.74) is 10.3. The van der Waals surface area contributed by atoms with Gasteiger partial charge in [0.15, 0.2) is 10.3 Å². The van der Waals surface area contributed by atoms with Gasteiger partial charge in [-0.15, -0.1) is 22.7 Å². The molecule has 45 heavy (non-hydrogen) atoms. The normalized spacial score (nSPS) is 9.93. The quantitative estimate of drug-likeness (QED) is 0.165. The predicted molar refractivity (Wildman–Crippen MR) is 184 cm³/mol. The first-order valence-corrected chi connectivity index (χ1v) is 15.6. The molecule has 0 spiro atoms. The molecule has 0 atom stereocenters. The van der Waals surface area contributed by atoms with Crippen LogP contribution in [0.15, 0.2) is 120 Å². The number of nitrogens with two attached hydrogens (primary N) is 1. The molecule has 8 nitrogen and oxygen atoms in total. The lowest BCUT2D eigenvalue weighted by Gasteiger charge is -2.05. The van der Waals surface area contributed by atoms with Crippen molar-refractivity contribution >= 4 is 55.7 Å². The summed E-state index contributed by atoms with van der Waals surface area (Å²) in [5.74, 6) is 1.41. The van der Waals surface area contributed by atoms with Crippen LogP contribution in [0.1, 0.15) is 20.7 Å². The molecule has 6 aromatic rings. The first kappa shape index (κ1) is 32.9. The van der Waals surface area contributed by atoms with Crippen LogP contribution in [0.3, 0.4) is 0 Å². The van der Waals surface area contributed by atoms with Gasteiger partial charge in [0.1, 0.15) is 11.5 Å². The number of methoxy groups -OCH3 is 2. The summed E-state index contributed by atoms with van der Waals surface area (Å²) in [6.07, 6.45) is 0. The van der Waals surface area contributed by atoms with E-state index in [2.05, 4.69) is 15.3 Å². The Kier molecular flexibility index (Phi) is 12.2. The van der Waals surface area contributed by atoms with E-state index in [0.717, 1.165) is 34.0 Å². The highest BCUT2D eigenvalue weighted by molar-refractivity contribution is 7.14. The van der Waals surface area contributed by atoms with Gasteiger partial charge < -0.3 is 15.2 Å². The van der Waals surface area contributed by atoms with Gasteiger partial charge in [-0.2, -0.15) is 0 Å². The van der Waals surface area contributed by atoms with Crippen molar-refractivity contribution in [2.45, 2.75) is 0 Å². The number of thiazole rings is 2. The summed E-state index contributed by atoms with van der Waals surface area (Å²) in [7, 11) is 3.28. The minimum atomic E-state index is -0.407. The number of nitrogens with one attached hydrogen (secondary N) is 1. The largest absolute Gasteiger partial charge is 0.496 e. The number of carbonyl (C=O) groups excluding carboxylic acids is 2. The maximum absolute atomic E-state index is 12.1. The molecule has 0 bridgehead atoms. The molecule has 0 saturated carbocycles. The van der Waals surface area contributed by atoms with Crippen molar-refractivity contribution in [3.63, 3.8) is 0 Å². The molecule has 0 aliphatic heterocycles. The van der Waals surface area contributed by atoms with Crippen LogP contribution in [-0.2, 0) is 0 Å². The lowest BCUT2D eigenvalue weighted by molar-refractivity contribution is 0.102. The number of hydrogen-bond acceptors (Lipinski definition) is 9. The van der Waals surface area contributed by atoms with Crippen molar-refractivity contribution in [3.8, 4) is 34.0 Å². The number of hydrogen-bond donors (Lipinski definition) is 2. The number of para-hydroxylation sites is 2. The maximum Gasteiger partial charge on any atom is 0.257 e. The Bertz CT molecular complexity index is 1830. The highest BCUT2D eigenvalue weighted by Crippen LogP contribution is 2.32. The fourth-order valence-corrected chi connectivity index (χ4v) is 5.30. The molecule has 1 amide bonds. The van der Waals surface area contributed by atoms with Gasteiger partial charge in [-0.05, 0) is 48.0 Å². The SMILES string of the molecule is COc1ccccc1-c1csc(N)n1.COc1ccccc1-c1csc(NC(=O)c2ccccc2)n1.O=C(Cl)c1ccccc1. The summed E-state index contributed by atoms with van der Waals surface area (Å²) in [4.78, 5) is 31.2. The summed E-state index contributed by atoms with van der Waals surface area (Å²) < 4.78 is 10.6. The minimum absolute atomic E-state index is 0.165. The second kappa shape index (κ2) is 16.7. The zero-order valence-electron chi connectivity index (χ0n) is 24.3. The van der Waals surface area contributed by atoms with E-state index in [1.165, 1.54) is 22.7 Å². The van der Waals surface area contributed by atoms with Crippen LogP contribution in [-0.4, -0.2) is 35.3 Å². The van der Waals surface area contributed by atoms with Crippen LogP contribution in [0.5, 0.6) is 11.5 Å². The lowest BCUT2D eigenvalue weighted by atomic mass is 10.1. The Hall–Kier alpha value is -5.03. The standard InChI is InChI=1S/C17H14N2O2S.C10H10N2OS.C7H5ClO/c1-21-15-10-6-5-9-13(15)14-11-22-17(18-14)19-16(20)12-7-3-2-4-8-12;1-13-9-5-3-2-4-7(9)8-6-14-10(11)12-8;8-7(9)6-4-2-1-3-5-6/h2-11H,1H3,(H,18,19,20);2-6H,1H3,(H2,11,12);1-5H. The fourth-order valence-electron chi connectivity index (χ4n) is 3.91. The molecule has 4 aromatic carbocycles. The van der Waals surface area contributed by atoms with Crippen molar-refractivity contribution in [2.24, 2.45) is 0 Å². The van der Waals surface area contributed by atoms with Gasteiger partial charge in [-0.3, -0.25) is 14.9 Å². The molecule has 0 saturated heterocycles. The zero-order valence-corrected chi connectivity index (χ0v) is 26.7. The number of carbonyl (C=O) groups is 2. The van der Waals surface area contributed by atoms with Crippen molar-refractivity contribution in [1.82, 2.24) is 9.97 Å². The molecule has 3 N–H and O–H groups in total. The summed E-state index contributed by atoms with van der Waals surface area (Å²) >= 11 is 7.98. The van der Waals surface area contributed by atoms with E-state index >= 15 is 0 Å². The molecule has 0 radical (unpaired) electrons. The Morgan fingerprint density at radius 2 is 1.13 bits per heavy atom. The third-order valence-electron chi connectivity index (χ3n) is 6.05. The second-order valence-electron chi connectivity index (χ2n) is 8.97. The van der Waals surface area contributed by atoms with E-state index in [1.54, 1.807) is 50.6 Å². The molecular weight excluding hydrogens is 628 g/mol. The van der Waals surface area contributed by atoms with E-state index in [9.17, 15) is 9.59 Å². The third-order valence-corrected chi connectivity index (χ3v) is 7.70. The molecule has 228 valence electrons. The fraction of sp³-hybridized carbons (Fsp3) is 0.0588. The van der Waals surface area contributed by atoms with Crippen LogP contribution in [0.4, 0.5) is 10.3 Å². The van der Waals surface area contributed by atoms with E-state index in [1.807, 2.05) is 83.6 Å². The second-order valence-corrected chi connectivity index (χ2v) is 11.1. The molecule has 0 aliphatic rings. The average molecular weight is 657 g/mol. The lowest BCUT2D eigenvalue weighted by Crippen LogP contribution is -2.11. The maximum atomic E-state index is 12.1. The van der Waals surface area contributed by atoms with Crippen molar-refractivity contribution < 1.29 is 19.1 Å². The number of halogens is 1. The van der Waals surface area contributed by atoms with E-state index in [-0.39, 0.29) is 5.91 Å². The van der Waals surface area contributed by atoms with Gasteiger partial charge in [0.2, 0.25) is 0 Å². The Morgan fingerprint density at radius 1 is 0.667 bits per heavy atom. The Morgan fingerprint density at radius 3 is 1.60 bits per heavy atom. The van der Waals surface area contributed by atoms with Crippen LogP contribution in [0.2, 0.25) is 0 Å². The summed E-state index contributed by atoms with van der Waals surface area (Å²) in [6.45, 7) is 0. The number of aromatic nitrogens is 2. The highest BCUT2D eigenvalue weighted by atomic mass is 35.5. The summed E-state index contributed by atoms with van der Waals surface area (Å²) in [5, 5.41) is 7.37. The third kappa shape index (κ3) is 9.48. The first-order chi connectivity index (χ1) is 21.9. The number of anilines is 2. The molecule has 0 unspecified atom stereocenters. The van der Waals surface area contributed by atoms with Gasteiger partial charge in [-0.1, -0.05) is 72.8 Å². The molecule has 2 aromatic heterocycles. The van der Waals surface area contributed by atoms with Crippen LogP contribution >= 0.6 is 34.3 Å². The predicted octanol–water partition coefficient (Wildman–Crippen LogP) is 8.54. The van der Waals surface area contributed by atoms with Gasteiger partial charge >= 0.3 is 0 Å². The van der Waals surface area contributed by atoms with Gasteiger partial charge in [0, 0.05) is 33.0 Å². The Balaban J connectivity index is 0.000000171. The molecule has 11 heteroatoms. The smallest absolute Gasteiger partial charge is 0.257 e. The van der Waals surface area contributed by atoms with Crippen molar-refractivity contribution in [3.05, 3.63) is 131 Å². The monoisotopic (exact) mass is 656 g/mol. The molecule has 0 fully saturated rings. The number of benzene rings is 4. The number of nitrogens with zero attached hydrogens (tertiary/aromatic N) is 2. The van der Waals surface area contributed by atoms with Crippen LogP contribution < -0.4 is 20.5 Å². The topological polar surface area (TPSA) is 116 Å². The van der Waals surface area contributed by atoms with Crippen molar-refractivity contribution in [2.75, 3.05) is 25.3 Å². The molecule has 2 heterocycles. The number of nitrogen functional groups attached to an aromatic ring is 1. The van der Waals surface area contributed by atoms with Crippen LogP contribution in [0, 0.1) is 0 Å². The molecular formula is C34H29ClN4O4S2. The van der Waals surface area contributed by atoms with E-state index in [0.29, 0.717) is 21.4 Å². The number of amides is 1. The van der Waals surface area contributed by atoms with Gasteiger partial charge in [0.05, 0.1) is 25.6 Å². The van der Waals surface area contributed by atoms with E-state index in [4.69, 9.17) is 26.8 Å². The van der Waals surface area contributed by atoms with E-state index < -0.39 is 5.24 Å². The zero-order chi connectivity index (χ0) is 32.0. The first-order valence-electron chi connectivity index (χ1n) is 13.4. The van der Waals surface area contributed by atoms with Gasteiger partial charge in [-0.25, -0.2) is 9.97 Å². The highest BCUT2D eigenvalue weighted by Gasteiger charge is 2.12. The van der Waals surface area contributed by atoms with Crippen molar-refractivity contribution in [1.29, 1.82) is 0 Å². The average Bonchev–Trinajstić information content (AvgIpc) is 3.75. The molecule has 0 aliphatic carbocycles. The molecule has 6 rings (SSSR count). The number of rotatable bonds is 7. The Labute approximate surface area is 274 Å². The number of ether oxygens (including phenoxy) is 2. The van der Waals surface area contributed by atoms with Crippen LogP contribution in [0.25, 0.3) is 22.5 Å². The van der Waals surface area contributed by atoms with Gasteiger partial charge in [0.25, 0.3) is 11.1 Å².